The van der Waals surface area contributed by atoms with Crippen LogP contribution in [0, 0.1) is 0 Å². The quantitative estimate of drug-likeness (QED) is 0.624. The molecule has 2 heteroatoms. The Bertz CT molecular complexity index is 418. The molecule has 1 N–H and O–H groups in total. The van der Waals surface area contributed by atoms with Crippen LogP contribution in [0.4, 0.5) is 0 Å². The van der Waals surface area contributed by atoms with E-state index in [0.717, 1.165) is 32.2 Å². The van der Waals surface area contributed by atoms with Crippen LogP contribution in [-0.2, 0) is 10.2 Å². The van der Waals surface area contributed by atoms with E-state index in [9.17, 15) is 4.79 Å². The van der Waals surface area contributed by atoms with Gasteiger partial charge in [-0.2, -0.15) is 0 Å². The van der Waals surface area contributed by atoms with Gasteiger partial charge in [0, 0.05) is 6.54 Å². The number of allylic oxidation sites excluding steroid dienone is 1. The Morgan fingerprint density at radius 1 is 1.33 bits per heavy atom. The lowest BCUT2D eigenvalue weighted by molar-refractivity contribution is -0.129. The zero-order valence-electron chi connectivity index (χ0n) is 11.0. The van der Waals surface area contributed by atoms with Gasteiger partial charge in [-0.25, -0.2) is 0 Å². The standard InChI is InChI=1S/C16H21NO/c1-2-3-7-13-17-15(18)16(11-8-12-16)14-9-5-4-6-10-14/h2-6,9-10H,7-8,11-13H2,1H3,(H,17,18)/b3-2+. The van der Waals surface area contributed by atoms with Crippen LogP contribution >= 0.6 is 0 Å². The van der Waals surface area contributed by atoms with Gasteiger partial charge in [0.2, 0.25) is 5.91 Å². The average molecular weight is 243 g/mol. The largest absolute Gasteiger partial charge is 0.355 e. The third kappa shape index (κ3) is 2.47. The Hall–Kier alpha value is -1.57. The first-order valence-corrected chi connectivity index (χ1v) is 6.74. The van der Waals surface area contributed by atoms with Gasteiger partial charge in [0.25, 0.3) is 0 Å². The molecule has 96 valence electrons. The van der Waals surface area contributed by atoms with Crippen molar-refractivity contribution in [3.8, 4) is 0 Å². The number of carbonyl (C=O) groups excluding carboxylic acids is 1. The van der Waals surface area contributed by atoms with E-state index in [1.54, 1.807) is 0 Å². The molecule has 2 nitrogen and oxygen atoms in total. The third-order valence-corrected chi connectivity index (χ3v) is 3.80. The molecule has 0 bridgehead atoms. The molecule has 0 atom stereocenters. The zero-order chi connectivity index (χ0) is 12.8. The lowest BCUT2D eigenvalue weighted by atomic mass is 9.64. The van der Waals surface area contributed by atoms with Crippen molar-refractivity contribution in [1.29, 1.82) is 0 Å². The van der Waals surface area contributed by atoms with Crippen molar-refractivity contribution in [3.05, 3.63) is 48.0 Å². The summed E-state index contributed by atoms with van der Waals surface area (Å²) in [5.41, 5.74) is 0.914. The van der Waals surface area contributed by atoms with Gasteiger partial charge in [-0.1, -0.05) is 48.9 Å². The Labute approximate surface area is 109 Å². The summed E-state index contributed by atoms with van der Waals surface area (Å²) in [6.07, 6.45) is 8.11. The summed E-state index contributed by atoms with van der Waals surface area (Å²) in [4.78, 5) is 12.4. The maximum absolute atomic E-state index is 12.4. The van der Waals surface area contributed by atoms with Gasteiger partial charge >= 0.3 is 0 Å². The molecular formula is C16H21NO. The van der Waals surface area contributed by atoms with E-state index in [1.807, 2.05) is 31.2 Å². The monoisotopic (exact) mass is 243 g/mol. The fraction of sp³-hybridized carbons (Fsp3) is 0.438. The molecule has 1 aromatic rings. The molecule has 1 fully saturated rings. The van der Waals surface area contributed by atoms with Gasteiger partial charge in [-0.05, 0) is 31.7 Å². The highest BCUT2D eigenvalue weighted by molar-refractivity contribution is 5.89. The molecule has 2 rings (SSSR count). The molecule has 1 aliphatic rings. The summed E-state index contributed by atoms with van der Waals surface area (Å²) in [6.45, 7) is 2.73. The van der Waals surface area contributed by atoms with Crippen molar-refractivity contribution in [2.24, 2.45) is 0 Å². The van der Waals surface area contributed by atoms with Gasteiger partial charge < -0.3 is 5.32 Å². The third-order valence-electron chi connectivity index (χ3n) is 3.80. The maximum Gasteiger partial charge on any atom is 0.230 e. The molecule has 1 aromatic carbocycles. The van der Waals surface area contributed by atoms with Gasteiger partial charge in [-0.3, -0.25) is 4.79 Å². The van der Waals surface area contributed by atoms with Gasteiger partial charge in [0.15, 0.2) is 0 Å². The zero-order valence-corrected chi connectivity index (χ0v) is 11.0. The number of carbonyl (C=O) groups is 1. The second-order valence-electron chi connectivity index (χ2n) is 4.92. The van der Waals surface area contributed by atoms with Gasteiger partial charge in [0.05, 0.1) is 5.41 Å². The molecule has 1 amide bonds. The highest BCUT2D eigenvalue weighted by Gasteiger charge is 2.45. The summed E-state index contributed by atoms with van der Waals surface area (Å²) in [5, 5.41) is 3.07. The van der Waals surface area contributed by atoms with Crippen LogP contribution in [0.1, 0.15) is 38.2 Å². The van der Waals surface area contributed by atoms with E-state index in [2.05, 4.69) is 23.5 Å². The summed E-state index contributed by atoms with van der Waals surface area (Å²) < 4.78 is 0. The van der Waals surface area contributed by atoms with Gasteiger partial charge in [0.1, 0.15) is 0 Å². The first-order valence-electron chi connectivity index (χ1n) is 6.74. The van der Waals surface area contributed by atoms with Crippen molar-refractivity contribution in [1.82, 2.24) is 5.32 Å². The van der Waals surface area contributed by atoms with Crippen LogP contribution in [0.3, 0.4) is 0 Å². The Morgan fingerprint density at radius 3 is 2.61 bits per heavy atom. The van der Waals surface area contributed by atoms with E-state index in [1.165, 1.54) is 5.56 Å². The van der Waals surface area contributed by atoms with Crippen molar-refractivity contribution < 1.29 is 4.79 Å². The maximum atomic E-state index is 12.4. The smallest absolute Gasteiger partial charge is 0.230 e. The fourth-order valence-corrected chi connectivity index (χ4v) is 2.54. The Morgan fingerprint density at radius 2 is 2.06 bits per heavy atom. The molecule has 1 saturated carbocycles. The normalized spacial score (nSPS) is 17.4. The van der Waals surface area contributed by atoms with Crippen molar-refractivity contribution in [3.63, 3.8) is 0 Å². The van der Waals surface area contributed by atoms with E-state index < -0.39 is 0 Å². The minimum atomic E-state index is -0.253. The van der Waals surface area contributed by atoms with Crippen LogP contribution in [0.15, 0.2) is 42.5 Å². The number of benzene rings is 1. The summed E-state index contributed by atoms with van der Waals surface area (Å²) in [7, 11) is 0. The van der Waals surface area contributed by atoms with E-state index >= 15 is 0 Å². The topological polar surface area (TPSA) is 29.1 Å². The lowest BCUT2D eigenvalue weighted by Crippen LogP contribution is -2.49. The number of hydrogen-bond donors (Lipinski definition) is 1. The number of hydrogen-bond acceptors (Lipinski definition) is 1. The van der Waals surface area contributed by atoms with E-state index in [4.69, 9.17) is 0 Å². The Balaban J connectivity index is 2.02. The van der Waals surface area contributed by atoms with E-state index in [-0.39, 0.29) is 11.3 Å². The molecule has 0 unspecified atom stereocenters. The molecule has 0 spiro atoms. The Kier molecular flexibility index (Phi) is 4.19. The fourth-order valence-electron chi connectivity index (χ4n) is 2.54. The first-order chi connectivity index (χ1) is 8.79. The predicted octanol–water partition coefficient (Wildman–Crippen LogP) is 3.19. The van der Waals surface area contributed by atoms with Gasteiger partial charge in [-0.15, -0.1) is 0 Å². The van der Waals surface area contributed by atoms with Crippen LogP contribution in [0.25, 0.3) is 0 Å². The molecule has 0 heterocycles. The minimum absolute atomic E-state index is 0.199. The minimum Gasteiger partial charge on any atom is -0.355 e. The lowest BCUT2D eigenvalue weighted by Gasteiger charge is -2.40. The summed E-state index contributed by atoms with van der Waals surface area (Å²) in [5.74, 6) is 0.199. The number of rotatable bonds is 5. The number of amides is 1. The molecule has 18 heavy (non-hydrogen) atoms. The molecule has 0 radical (unpaired) electrons. The average Bonchev–Trinajstić information content (AvgIpc) is 2.35. The van der Waals surface area contributed by atoms with Crippen LogP contribution in [-0.4, -0.2) is 12.5 Å². The second kappa shape index (κ2) is 5.85. The van der Waals surface area contributed by atoms with Crippen molar-refractivity contribution in [2.75, 3.05) is 6.54 Å². The predicted molar refractivity (Wildman–Crippen MR) is 74.4 cm³/mol. The van der Waals surface area contributed by atoms with Crippen LogP contribution in [0.2, 0.25) is 0 Å². The SMILES string of the molecule is C/C=C/CCNC(=O)C1(c2ccccc2)CCC1. The molecule has 0 aliphatic heterocycles. The molecule has 0 aromatic heterocycles. The van der Waals surface area contributed by atoms with Crippen LogP contribution < -0.4 is 5.32 Å². The highest BCUT2D eigenvalue weighted by atomic mass is 16.2. The molecule has 1 aliphatic carbocycles. The van der Waals surface area contributed by atoms with Crippen molar-refractivity contribution >= 4 is 5.91 Å². The highest BCUT2D eigenvalue weighted by Crippen LogP contribution is 2.43. The van der Waals surface area contributed by atoms with Crippen LogP contribution in [0.5, 0.6) is 0 Å². The summed E-state index contributed by atoms with van der Waals surface area (Å²) >= 11 is 0. The first kappa shape index (κ1) is 12.9. The summed E-state index contributed by atoms with van der Waals surface area (Å²) in [6, 6.07) is 10.2. The number of nitrogens with one attached hydrogen (secondary N) is 1. The molecular weight excluding hydrogens is 222 g/mol. The second-order valence-corrected chi connectivity index (χ2v) is 4.92. The molecule has 0 saturated heterocycles. The van der Waals surface area contributed by atoms with E-state index in [0.29, 0.717) is 0 Å². The van der Waals surface area contributed by atoms with Crippen molar-refractivity contribution in [2.45, 2.75) is 38.0 Å².